The second kappa shape index (κ2) is 8.87. The Bertz CT molecular complexity index is 141. The van der Waals surface area contributed by atoms with Crippen molar-refractivity contribution in [2.24, 2.45) is 5.92 Å². The zero-order valence-corrected chi connectivity index (χ0v) is 9.77. The summed E-state index contributed by atoms with van der Waals surface area (Å²) in [5, 5.41) is 0. The maximum Gasteiger partial charge on any atom is 3.00 e. The first-order valence-electron chi connectivity index (χ1n) is 3.11. The van der Waals surface area contributed by atoms with E-state index in [1.54, 1.807) is 0 Å². The summed E-state index contributed by atoms with van der Waals surface area (Å²) >= 11 is 0. The minimum Gasteiger partial charge on any atom is -1.00 e. The third kappa shape index (κ3) is 5.98. The van der Waals surface area contributed by atoms with Crippen LogP contribution < -0.4 is 24.8 Å². The molecule has 1 atom stereocenters. The second-order valence-electron chi connectivity index (χ2n) is 2.20. The molecule has 1 unspecified atom stereocenters. The fourth-order valence-electron chi connectivity index (χ4n) is 0.887. The monoisotopic (exact) mass is 225 g/mol. The molecule has 1 rings (SSSR count). The van der Waals surface area contributed by atoms with E-state index in [2.05, 4.69) is 32.1 Å². The molecule has 0 spiro atoms. The van der Waals surface area contributed by atoms with Gasteiger partial charge in [-0.15, -0.1) is 0 Å². The van der Waals surface area contributed by atoms with Crippen LogP contribution in [0.3, 0.4) is 0 Å². The van der Waals surface area contributed by atoms with Gasteiger partial charge in [-0.3, -0.25) is 6.08 Å². The van der Waals surface area contributed by atoms with Gasteiger partial charge in [-0.1, -0.05) is 26.2 Å². The van der Waals surface area contributed by atoms with Crippen molar-refractivity contribution in [1.82, 2.24) is 0 Å². The van der Waals surface area contributed by atoms with Gasteiger partial charge in [0.05, 0.1) is 0 Å². The molecule has 0 heterocycles. The first-order valence-corrected chi connectivity index (χ1v) is 3.11. The molecular formula is C8H11Cl2Ti. The van der Waals surface area contributed by atoms with Gasteiger partial charge in [0.15, 0.2) is 0 Å². The van der Waals surface area contributed by atoms with Gasteiger partial charge in [0.25, 0.3) is 0 Å². The van der Waals surface area contributed by atoms with Crippen LogP contribution in [-0.2, 0) is 21.7 Å². The zero-order chi connectivity index (χ0) is 5.98. The first-order chi connectivity index (χ1) is 3.83. The second-order valence-corrected chi connectivity index (χ2v) is 2.20. The van der Waals surface area contributed by atoms with E-state index >= 15 is 0 Å². The van der Waals surface area contributed by atoms with E-state index in [1.807, 2.05) is 0 Å². The van der Waals surface area contributed by atoms with Gasteiger partial charge in [0.2, 0.25) is 0 Å². The van der Waals surface area contributed by atoms with E-state index in [0.29, 0.717) is 5.92 Å². The summed E-state index contributed by atoms with van der Waals surface area (Å²) in [6.07, 6.45) is 8.83. The van der Waals surface area contributed by atoms with Crippen LogP contribution >= 0.6 is 0 Å². The van der Waals surface area contributed by atoms with Crippen molar-refractivity contribution in [2.75, 3.05) is 0 Å². The van der Waals surface area contributed by atoms with Gasteiger partial charge in [-0.2, -0.15) is 6.08 Å². The summed E-state index contributed by atoms with van der Waals surface area (Å²) in [6.45, 7) is 4.27. The molecule has 0 aliphatic heterocycles. The van der Waals surface area contributed by atoms with E-state index < -0.39 is 0 Å². The summed E-state index contributed by atoms with van der Waals surface area (Å²) in [4.78, 5) is 0. The average Bonchev–Trinajstić information content (AvgIpc) is 2.14. The van der Waals surface area contributed by atoms with Crippen molar-refractivity contribution in [3.05, 3.63) is 23.8 Å². The molecule has 0 N–H and O–H groups in total. The van der Waals surface area contributed by atoms with Gasteiger partial charge >= 0.3 is 21.7 Å². The Hall–Kier alpha value is 0.774. The molecule has 0 saturated carbocycles. The Balaban J connectivity index is -0.000000213. The van der Waals surface area contributed by atoms with Crippen LogP contribution in [0.4, 0.5) is 0 Å². The first kappa shape index (κ1) is 17.8. The van der Waals surface area contributed by atoms with Crippen LogP contribution in [0, 0.1) is 12.0 Å². The third-order valence-corrected chi connectivity index (χ3v) is 1.43. The standard InChI is InChI=1S/C8H11.2ClH.Ti/c1-3-8-5-4-7(2)6-8;;;/h4-5,8H,3H2,1-2H3;2*1H;/q-1;;;+3/p-2. The maximum absolute atomic E-state index is 3.31. The molecule has 0 nitrogen and oxygen atoms in total. The summed E-state index contributed by atoms with van der Waals surface area (Å²) in [6, 6.07) is 0. The fourth-order valence-corrected chi connectivity index (χ4v) is 0.887. The maximum atomic E-state index is 3.31. The van der Waals surface area contributed by atoms with Crippen molar-refractivity contribution in [3.63, 3.8) is 0 Å². The molecule has 3 heteroatoms. The Kier molecular flexibility index (Phi) is 14.3. The van der Waals surface area contributed by atoms with Crippen LogP contribution in [-0.4, -0.2) is 0 Å². The molecule has 0 aromatic rings. The number of hydrogen-bond acceptors (Lipinski definition) is 0. The summed E-state index contributed by atoms with van der Waals surface area (Å²) in [5.74, 6) is 0.606. The van der Waals surface area contributed by atoms with Crippen LogP contribution in [0.25, 0.3) is 0 Å². The minimum absolute atomic E-state index is 0. The van der Waals surface area contributed by atoms with E-state index in [-0.39, 0.29) is 46.5 Å². The van der Waals surface area contributed by atoms with Gasteiger partial charge < -0.3 is 24.8 Å². The molecule has 11 heavy (non-hydrogen) atoms. The molecular weight excluding hydrogens is 215 g/mol. The van der Waals surface area contributed by atoms with E-state index in [9.17, 15) is 0 Å². The van der Waals surface area contributed by atoms with Crippen molar-refractivity contribution in [3.8, 4) is 0 Å². The molecule has 61 valence electrons. The SMILES string of the molecule is CCC1[C-]=C(C)C=C1.[Cl-].[Cl-].[Ti+3]. The molecule has 0 aromatic carbocycles. The fraction of sp³-hybridized carbons (Fsp3) is 0.500. The van der Waals surface area contributed by atoms with Crippen LogP contribution in [0.2, 0.25) is 0 Å². The van der Waals surface area contributed by atoms with Crippen LogP contribution in [0.5, 0.6) is 0 Å². The number of rotatable bonds is 1. The van der Waals surface area contributed by atoms with Crippen molar-refractivity contribution in [2.45, 2.75) is 20.3 Å². The topological polar surface area (TPSA) is 0 Å². The van der Waals surface area contributed by atoms with E-state index in [4.69, 9.17) is 0 Å². The Morgan fingerprint density at radius 1 is 1.45 bits per heavy atom. The largest absolute Gasteiger partial charge is 3.00 e. The van der Waals surface area contributed by atoms with Crippen molar-refractivity contribution >= 4 is 0 Å². The molecule has 0 saturated heterocycles. The summed E-state index contributed by atoms with van der Waals surface area (Å²) in [7, 11) is 0. The normalized spacial score (nSPS) is 19.1. The van der Waals surface area contributed by atoms with Gasteiger partial charge in [-0.05, 0) is 0 Å². The third-order valence-electron chi connectivity index (χ3n) is 1.43. The average molecular weight is 226 g/mol. The van der Waals surface area contributed by atoms with Crippen molar-refractivity contribution < 1.29 is 46.5 Å². The van der Waals surface area contributed by atoms with Crippen LogP contribution in [0.1, 0.15) is 20.3 Å². The predicted octanol–water partition coefficient (Wildman–Crippen LogP) is -3.66. The van der Waals surface area contributed by atoms with E-state index in [1.165, 1.54) is 12.0 Å². The molecule has 0 aromatic heterocycles. The number of allylic oxidation sites excluding steroid dienone is 4. The van der Waals surface area contributed by atoms with E-state index in [0.717, 1.165) is 0 Å². The Morgan fingerprint density at radius 2 is 2.00 bits per heavy atom. The van der Waals surface area contributed by atoms with Gasteiger partial charge in [-0.25, -0.2) is 11.6 Å². The summed E-state index contributed by atoms with van der Waals surface area (Å²) < 4.78 is 0. The zero-order valence-electron chi connectivity index (χ0n) is 6.70. The quantitative estimate of drug-likeness (QED) is 0.319. The smallest absolute Gasteiger partial charge is 1.00 e. The van der Waals surface area contributed by atoms with Gasteiger partial charge in [0, 0.05) is 0 Å². The molecule has 0 amide bonds. The molecule has 0 fully saturated rings. The Morgan fingerprint density at radius 3 is 2.18 bits per heavy atom. The molecule has 1 aliphatic carbocycles. The van der Waals surface area contributed by atoms with Crippen molar-refractivity contribution in [1.29, 1.82) is 0 Å². The van der Waals surface area contributed by atoms with Crippen LogP contribution in [0.15, 0.2) is 17.7 Å². The number of hydrogen-bond donors (Lipinski definition) is 0. The van der Waals surface area contributed by atoms with Gasteiger partial charge in [0.1, 0.15) is 0 Å². The Labute approximate surface area is 96.2 Å². The molecule has 1 aliphatic rings. The minimum atomic E-state index is 0. The summed E-state index contributed by atoms with van der Waals surface area (Å²) in [5.41, 5.74) is 1.29. The predicted molar refractivity (Wildman–Crippen MR) is 35.4 cm³/mol. The number of halogens is 2. The molecule has 1 radical (unpaired) electrons. The molecule has 0 bridgehead atoms.